The summed E-state index contributed by atoms with van der Waals surface area (Å²) in [4.78, 5) is 22.3. The van der Waals surface area contributed by atoms with Crippen LogP contribution >= 0.6 is 0 Å². The van der Waals surface area contributed by atoms with Crippen molar-refractivity contribution in [3.63, 3.8) is 0 Å². The summed E-state index contributed by atoms with van der Waals surface area (Å²) < 4.78 is 0. The lowest BCUT2D eigenvalue weighted by atomic mass is 10.0. The van der Waals surface area contributed by atoms with Gasteiger partial charge in [0.1, 0.15) is 0 Å². The summed E-state index contributed by atoms with van der Waals surface area (Å²) in [5, 5.41) is 4.07. The van der Waals surface area contributed by atoms with E-state index in [4.69, 9.17) is 4.84 Å². The quantitative estimate of drug-likeness (QED) is 0.796. The van der Waals surface area contributed by atoms with Crippen LogP contribution in [0.3, 0.4) is 0 Å². The maximum absolute atomic E-state index is 12.6. The van der Waals surface area contributed by atoms with Gasteiger partial charge in [-0.15, -0.1) is 0 Å². The molecule has 1 unspecified atom stereocenters. The van der Waals surface area contributed by atoms with Crippen molar-refractivity contribution >= 4 is 11.6 Å². The second kappa shape index (κ2) is 7.25. The zero-order chi connectivity index (χ0) is 15.4. The van der Waals surface area contributed by atoms with Crippen LogP contribution in [0.2, 0.25) is 0 Å². The van der Waals surface area contributed by atoms with E-state index >= 15 is 0 Å². The van der Waals surface area contributed by atoms with E-state index in [1.165, 1.54) is 0 Å². The Morgan fingerprint density at radius 2 is 2.00 bits per heavy atom. The normalized spacial score (nSPS) is 24.2. The molecule has 0 aromatic rings. The zero-order valence-electron chi connectivity index (χ0n) is 13.8. The van der Waals surface area contributed by atoms with Crippen LogP contribution in [0.5, 0.6) is 0 Å². The molecule has 2 aliphatic heterocycles. The highest BCUT2D eigenvalue weighted by Gasteiger charge is 2.33. The first-order valence-corrected chi connectivity index (χ1v) is 8.21. The van der Waals surface area contributed by atoms with Crippen molar-refractivity contribution in [2.75, 3.05) is 32.7 Å². The van der Waals surface area contributed by atoms with Gasteiger partial charge in [0.25, 0.3) is 5.91 Å². The highest BCUT2D eigenvalue weighted by molar-refractivity contribution is 5.93. The molecule has 0 aliphatic carbocycles. The van der Waals surface area contributed by atoms with E-state index in [2.05, 4.69) is 37.8 Å². The van der Waals surface area contributed by atoms with Crippen LogP contribution in [-0.2, 0) is 9.63 Å². The fourth-order valence-electron chi connectivity index (χ4n) is 2.96. The van der Waals surface area contributed by atoms with Gasteiger partial charge in [-0.05, 0) is 24.8 Å². The molecule has 2 rings (SSSR count). The van der Waals surface area contributed by atoms with E-state index in [9.17, 15) is 4.79 Å². The molecular formula is C16H29N3O2. The number of rotatable bonds is 4. The zero-order valence-corrected chi connectivity index (χ0v) is 13.8. The number of oxime groups is 1. The minimum atomic E-state index is -0.390. The van der Waals surface area contributed by atoms with Crippen molar-refractivity contribution in [3.05, 3.63) is 0 Å². The molecule has 0 aromatic heterocycles. The first kappa shape index (κ1) is 16.3. The van der Waals surface area contributed by atoms with Gasteiger partial charge in [0.05, 0.1) is 5.71 Å². The van der Waals surface area contributed by atoms with Crippen LogP contribution < -0.4 is 0 Å². The Balaban J connectivity index is 1.84. The molecule has 1 amide bonds. The number of nitrogens with zero attached hydrogens (tertiary/aromatic N) is 3. The van der Waals surface area contributed by atoms with Gasteiger partial charge in [-0.2, -0.15) is 0 Å². The van der Waals surface area contributed by atoms with Gasteiger partial charge >= 0.3 is 0 Å². The third kappa shape index (κ3) is 4.43. The number of hydrogen-bond donors (Lipinski definition) is 0. The molecule has 0 aromatic carbocycles. The van der Waals surface area contributed by atoms with Gasteiger partial charge < -0.3 is 14.6 Å². The summed E-state index contributed by atoms with van der Waals surface area (Å²) >= 11 is 0. The van der Waals surface area contributed by atoms with Crippen LogP contribution in [0.15, 0.2) is 5.16 Å². The second-order valence-corrected chi connectivity index (χ2v) is 6.91. The van der Waals surface area contributed by atoms with Gasteiger partial charge in [-0.1, -0.05) is 32.9 Å². The summed E-state index contributed by atoms with van der Waals surface area (Å²) in [5.74, 6) is 1.14. The van der Waals surface area contributed by atoms with E-state index < -0.39 is 0 Å². The lowest BCUT2D eigenvalue weighted by Gasteiger charge is -2.24. The van der Waals surface area contributed by atoms with Crippen LogP contribution in [0.4, 0.5) is 0 Å². The van der Waals surface area contributed by atoms with Crippen molar-refractivity contribution in [1.29, 1.82) is 0 Å². The average molecular weight is 295 g/mol. The van der Waals surface area contributed by atoms with Gasteiger partial charge in [-0.25, -0.2) is 0 Å². The van der Waals surface area contributed by atoms with E-state index in [1.807, 2.05) is 4.90 Å². The number of amides is 1. The minimum absolute atomic E-state index is 0.112. The molecule has 5 heteroatoms. The molecule has 120 valence electrons. The lowest BCUT2D eigenvalue weighted by molar-refractivity contribution is -0.141. The van der Waals surface area contributed by atoms with Gasteiger partial charge in [-0.3, -0.25) is 4.79 Å². The second-order valence-electron chi connectivity index (χ2n) is 6.91. The Hall–Kier alpha value is -1.10. The highest BCUT2D eigenvalue weighted by Crippen LogP contribution is 2.19. The largest absolute Gasteiger partial charge is 0.382 e. The minimum Gasteiger partial charge on any atom is -0.382 e. The highest BCUT2D eigenvalue weighted by atomic mass is 16.6. The molecule has 5 nitrogen and oxygen atoms in total. The molecular weight excluding hydrogens is 266 g/mol. The molecule has 1 fully saturated rings. The van der Waals surface area contributed by atoms with Gasteiger partial charge in [0.15, 0.2) is 0 Å². The van der Waals surface area contributed by atoms with Crippen LogP contribution in [0.25, 0.3) is 0 Å². The summed E-state index contributed by atoms with van der Waals surface area (Å²) in [6.07, 6.45) is 1.31. The number of carbonyl (C=O) groups is 1. The molecule has 1 atom stereocenters. The predicted octanol–water partition coefficient (Wildman–Crippen LogP) is 1.98. The third-order valence-electron chi connectivity index (χ3n) is 4.16. The molecule has 0 radical (unpaired) electrons. The topological polar surface area (TPSA) is 45.1 Å². The van der Waals surface area contributed by atoms with Crippen molar-refractivity contribution in [1.82, 2.24) is 9.80 Å². The molecule has 2 aliphatic rings. The fourth-order valence-corrected chi connectivity index (χ4v) is 2.96. The smallest absolute Gasteiger partial charge is 0.266 e. The molecule has 21 heavy (non-hydrogen) atoms. The lowest BCUT2D eigenvalue weighted by Crippen LogP contribution is -2.41. The maximum atomic E-state index is 12.6. The van der Waals surface area contributed by atoms with Crippen LogP contribution in [-0.4, -0.2) is 60.2 Å². The Kier molecular flexibility index (Phi) is 5.62. The van der Waals surface area contributed by atoms with E-state index in [1.54, 1.807) is 0 Å². The monoisotopic (exact) mass is 295 g/mol. The molecule has 1 saturated heterocycles. The Morgan fingerprint density at radius 3 is 2.62 bits per heavy atom. The Morgan fingerprint density at radius 1 is 1.24 bits per heavy atom. The molecule has 0 saturated carbocycles. The average Bonchev–Trinajstić information content (AvgIpc) is 2.80. The maximum Gasteiger partial charge on any atom is 0.266 e. The standard InChI is InChI=1S/C16H29N3O2/c1-12(2)11-18-6-5-7-19(9-8-18)16(20)15-10-14(13(3)4)17-21-15/h12-13,15H,5-11H2,1-4H3. The first-order valence-electron chi connectivity index (χ1n) is 8.21. The summed E-state index contributed by atoms with van der Waals surface area (Å²) in [5.41, 5.74) is 1.00. The Labute approximate surface area is 128 Å². The Bertz CT molecular complexity index is 393. The molecule has 0 bridgehead atoms. The van der Waals surface area contributed by atoms with Gasteiger partial charge in [0.2, 0.25) is 6.10 Å². The van der Waals surface area contributed by atoms with Crippen LogP contribution in [0.1, 0.15) is 40.5 Å². The summed E-state index contributed by atoms with van der Waals surface area (Å²) in [6.45, 7) is 13.5. The first-order chi connectivity index (χ1) is 9.97. The van der Waals surface area contributed by atoms with E-state index in [0.717, 1.165) is 44.9 Å². The van der Waals surface area contributed by atoms with Crippen molar-refractivity contribution in [2.24, 2.45) is 17.0 Å². The van der Waals surface area contributed by atoms with E-state index in [0.29, 0.717) is 18.3 Å². The van der Waals surface area contributed by atoms with E-state index in [-0.39, 0.29) is 12.0 Å². The molecule has 2 heterocycles. The number of hydrogen-bond acceptors (Lipinski definition) is 4. The van der Waals surface area contributed by atoms with Crippen molar-refractivity contribution in [2.45, 2.75) is 46.6 Å². The summed E-state index contributed by atoms with van der Waals surface area (Å²) in [6, 6.07) is 0. The van der Waals surface area contributed by atoms with Gasteiger partial charge in [0, 0.05) is 32.6 Å². The van der Waals surface area contributed by atoms with Crippen molar-refractivity contribution < 1.29 is 9.63 Å². The predicted molar refractivity (Wildman–Crippen MR) is 84.2 cm³/mol. The summed E-state index contributed by atoms with van der Waals surface area (Å²) in [7, 11) is 0. The van der Waals surface area contributed by atoms with Crippen molar-refractivity contribution in [3.8, 4) is 0 Å². The SMILES string of the molecule is CC(C)CN1CCCN(C(=O)C2CC(C(C)C)=NO2)CC1. The molecule has 0 N–H and O–H groups in total. The third-order valence-corrected chi connectivity index (χ3v) is 4.16. The number of carbonyl (C=O) groups excluding carboxylic acids is 1. The van der Waals surface area contributed by atoms with Crippen LogP contribution in [0, 0.1) is 11.8 Å². The fraction of sp³-hybridized carbons (Fsp3) is 0.875. The molecule has 0 spiro atoms.